The van der Waals surface area contributed by atoms with Crippen LogP contribution in [0.15, 0.2) is 65.9 Å². The number of hydrogen-bond acceptors (Lipinski definition) is 6. The van der Waals surface area contributed by atoms with Crippen molar-refractivity contribution >= 4 is 35.1 Å². The number of ketones is 1. The Kier molecular flexibility index (Phi) is 16.6. The van der Waals surface area contributed by atoms with Crippen LogP contribution in [0.2, 0.25) is 5.02 Å². The van der Waals surface area contributed by atoms with Crippen LogP contribution in [0.4, 0.5) is 23.7 Å². The molecule has 2 aromatic rings. The Hall–Kier alpha value is -3.99. The minimum Gasteiger partial charge on any atom is -0.444 e. The minimum atomic E-state index is -4.47. The molecule has 0 saturated carbocycles. The fourth-order valence-corrected chi connectivity index (χ4v) is 6.37. The molecule has 0 bridgehead atoms. The first-order valence-corrected chi connectivity index (χ1v) is 18.4. The molecular weight excluding hydrogens is 693 g/mol. The van der Waals surface area contributed by atoms with Crippen LogP contribution in [0.25, 0.3) is 0 Å². The van der Waals surface area contributed by atoms with Gasteiger partial charge < -0.3 is 15.4 Å². The molecule has 1 aromatic carbocycles. The molecule has 3 rings (SSSR count). The highest BCUT2D eigenvalue weighted by Gasteiger charge is 2.36. The van der Waals surface area contributed by atoms with Gasteiger partial charge in [0.1, 0.15) is 17.2 Å². The van der Waals surface area contributed by atoms with E-state index in [0.717, 1.165) is 11.3 Å². The van der Waals surface area contributed by atoms with Crippen molar-refractivity contribution in [3.05, 3.63) is 88.0 Å². The molecule has 52 heavy (non-hydrogen) atoms. The molecule has 1 aromatic heterocycles. The second-order valence-corrected chi connectivity index (χ2v) is 14.6. The van der Waals surface area contributed by atoms with Gasteiger partial charge in [0, 0.05) is 30.8 Å². The highest BCUT2D eigenvalue weighted by atomic mass is 35.5. The molecule has 0 aliphatic heterocycles. The Morgan fingerprint density at radius 3 is 2.40 bits per heavy atom. The summed E-state index contributed by atoms with van der Waals surface area (Å²) in [6, 6.07) is 7.53. The summed E-state index contributed by atoms with van der Waals surface area (Å²) in [5.41, 5.74) is 2.31. The molecule has 0 saturated heterocycles. The molecule has 8 nitrogen and oxygen atoms in total. The first kappa shape index (κ1) is 42.4. The number of hydrogen-bond donors (Lipinski definition) is 2. The lowest BCUT2D eigenvalue weighted by Crippen LogP contribution is -2.33. The van der Waals surface area contributed by atoms with Crippen molar-refractivity contribution in [2.45, 2.75) is 123 Å². The quantitative estimate of drug-likeness (QED) is 0.109. The molecule has 0 spiro atoms. The number of para-hydroxylation sites is 1. The summed E-state index contributed by atoms with van der Waals surface area (Å²) < 4.78 is 47.9. The standard InChI is InChI=1S/C40H52ClF3N4O4/c1-6-37(50)48-34-17-8-7-14-31(34)16-11-18-35-33(41)26-46-36(47-35)19-12-15-30-23-21-28(25-32(30)40(42,43)44)20-22-29(27(2)49)13-9-10-24-45-38(51)52-39(3,4)5/h6-8,14,17,25-26,29H,1,9-13,15-16,18-24H2,2-5H3,(H,45,51)(H,48,50)/t29-/m1/s1. The predicted octanol–water partition coefficient (Wildman–Crippen LogP) is 10.0. The maximum atomic E-state index is 14.2. The molecule has 2 N–H and O–H groups in total. The third-order valence-corrected chi connectivity index (χ3v) is 9.20. The van der Waals surface area contributed by atoms with Gasteiger partial charge in [-0.3, -0.25) is 9.59 Å². The number of halogens is 4. The fourth-order valence-electron chi connectivity index (χ4n) is 6.18. The van der Waals surface area contributed by atoms with Crippen molar-refractivity contribution in [1.29, 1.82) is 0 Å². The molecule has 1 heterocycles. The number of alkyl halides is 3. The van der Waals surface area contributed by atoms with Gasteiger partial charge in [-0.1, -0.05) is 60.0 Å². The lowest BCUT2D eigenvalue weighted by atomic mass is 9.84. The second-order valence-electron chi connectivity index (χ2n) is 14.2. The number of Topliss-reactive ketones (excluding diaryl/α,β-unsaturated/α-hetero) is 1. The van der Waals surface area contributed by atoms with Crippen LogP contribution >= 0.6 is 11.6 Å². The van der Waals surface area contributed by atoms with E-state index in [-0.39, 0.29) is 24.0 Å². The molecule has 0 unspecified atom stereocenters. The molecule has 284 valence electrons. The lowest BCUT2D eigenvalue weighted by molar-refractivity contribution is -0.121. The van der Waals surface area contributed by atoms with Gasteiger partial charge in [-0.05, 0) is 116 Å². The molecule has 12 heteroatoms. The van der Waals surface area contributed by atoms with Gasteiger partial charge >= 0.3 is 12.3 Å². The van der Waals surface area contributed by atoms with Crippen molar-refractivity contribution in [2.24, 2.45) is 5.92 Å². The first-order chi connectivity index (χ1) is 24.6. The molecule has 0 fully saturated rings. The monoisotopic (exact) mass is 744 g/mol. The summed E-state index contributed by atoms with van der Waals surface area (Å²) in [7, 11) is 0. The number of amides is 2. The molecule has 1 atom stereocenters. The molecular formula is C40H52ClF3N4O4. The van der Waals surface area contributed by atoms with Crippen LogP contribution < -0.4 is 10.6 Å². The summed E-state index contributed by atoms with van der Waals surface area (Å²) in [5, 5.41) is 5.96. The smallest absolute Gasteiger partial charge is 0.416 e. The maximum Gasteiger partial charge on any atom is 0.416 e. The largest absolute Gasteiger partial charge is 0.444 e. The summed E-state index contributed by atoms with van der Waals surface area (Å²) in [5.74, 6) is 0.0332. The topological polar surface area (TPSA) is 110 Å². The predicted molar refractivity (Wildman–Crippen MR) is 199 cm³/mol. The Morgan fingerprint density at radius 2 is 1.71 bits per heavy atom. The van der Waals surface area contributed by atoms with E-state index in [2.05, 4.69) is 27.2 Å². The number of rotatable bonds is 19. The number of carbonyl (C=O) groups is 3. The number of unbranched alkanes of at least 4 members (excludes halogenated alkanes) is 1. The third-order valence-electron chi connectivity index (χ3n) is 8.88. The van der Waals surface area contributed by atoms with Gasteiger partial charge in [0.15, 0.2) is 0 Å². The number of allylic oxidation sites excluding steroid dienone is 4. The van der Waals surface area contributed by atoms with Crippen LogP contribution in [0.1, 0.15) is 109 Å². The number of benzene rings is 1. The van der Waals surface area contributed by atoms with Crippen LogP contribution in [0.3, 0.4) is 0 Å². The van der Waals surface area contributed by atoms with E-state index in [0.29, 0.717) is 111 Å². The fraction of sp³-hybridized carbons (Fsp3) is 0.525. The zero-order chi connectivity index (χ0) is 38.3. The number of ether oxygens (including phenoxy) is 1. The number of aromatic nitrogens is 2. The zero-order valence-corrected chi connectivity index (χ0v) is 31.5. The molecule has 1 aliphatic carbocycles. The van der Waals surface area contributed by atoms with Crippen molar-refractivity contribution in [3.8, 4) is 0 Å². The lowest BCUT2D eigenvalue weighted by Gasteiger charge is -2.23. The van der Waals surface area contributed by atoms with E-state index in [1.54, 1.807) is 27.0 Å². The maximum absolute atomic E-state index is 14.2. The van der Waals surface area contributed by atoms with Gasteiger partial charge in [-0.2, -0.15) is 13.2 Å². The average Bonchev–Trinajstić information content (AvgIpc) is 3.06. The molecule has 2 amide bonds. The van der Waals surface area contributed by atoms with Gasteiger partial charge in [-0.15, -0.1) is 0 Å². The minimum absolute atomic E-state index is 0.0240. The highest BCUT2D eigenvalue weighted by Crippen LogP contribution is 2.39. The summed E-state index contributed by atoms with van der Waals surface area (Å²) >= 11 is 6.39. The summed E-state index contributed by atoms with van der Waals surface area (Å²) in [6.07, 6.45) is 6.00. The normalized spacial score (nSPS) is 14.0. The van der Waals surface area contributed by atoms with Crippen molar-refractivity contribution in [1.82, 2.24) is 15.3 Å². The second kappa shape index (κ2) is 20.3. The van der Waals surface area contributed by atoms with E-state index in [9.17, 15) is 27.6 Å². The van der Waals surface area contributed by atoms with Gasteiger partial charge in [0.25, 0.3) is 0 Å². The molecule has 0 radical (unpaired) electrons. The summed E-state index contributed by atoms with van der Waals surface area (Å²) in [4.78, 5) is 44.9. The van der Waals surface area contributed by atoms with E-state index in [1.165, 1.54) is 19.1 Å². The average molecular weight is 745 g/mol. The van der Waals surface area contributed by atoms with Crippen molar-refractivity contribution in [3.63, 3.8) is 0 Å². The van der Waals surface area contributed by atoms with E-state index >= 15 is 0 Å². The van der Waals surface area contributed by atoms with Gasteiger partial charge in [0.05, 0.1) is 16.3 Å². The zero-order valence-electron chi connectivity index (χ0n) is 30.8. The summed E-state index contributed by atoms with van der Waals surface area (Å²) in [6.45, 7) is 10.8. The first-order valence-electron chi connectivity index (χ1n) is 18.0. The van der Waals surface area contributed by atoms with Gasteiger partial charge in [0.2, 0.25) is 5.91 Å². The highest BCUT2D eigenvalue weighted by molar-refractivity contribution is 6.31. The van der Waals surface area contributed by atoms with Crippen LogP contribution in [0, 0.1) is 5.92 Å². The Balaban J connectivity index is 1.52. The number of nitrogens with one attached hydrogen (secondary N) is 2. The van der Waals surface area contributed by atoms with Gasteiger partial charge in [-0.25, -0.2) is 14.8 Å². The van der Waals surface area contributed by atoms with E-state index in [4.69, 9.17) is 16.3 Å². The molecule has 1 aliphatic rings. The number of nitrogens with zero attached hydrogens (tertiary/aromatic N) is 2. The van der Waals surface area contributed by atoms with E-state index < -0.39 is 23.4 Å². The Bertz CT molecular complexity index is 1610. The van der Waals surface area contributed by atoms with Crippen LogP contribution in [-0.4, -0.2) is 46.1 Å². The van der Waals surface area contributed by atoms with Crippen molar-refractivity contribution in [2.75, 3.05) is 11.9 Å². The van der Waals surface area contributed by atoms with Crippen LogP contribution in [0.5, 0.6) is 0 Å². The SMILES string of the molecule is C=CC(=O)Nc1ccccc1CCCc1nc(CCCC2=C(C(F)(F)F)C=C(CC[C@@H](CCCCNC(=O)OC(C)(C)C)C(C)=O)CC2)ncc1Cl. The number of aryl methyl sites for hydroxylation is 3. The van der Waals surface area contributed by atoms with Crippen molar-refractivity contribution < 1.29 is 32.3 Å². The number of alkyl carbamates (subject to hydrolysis) is 1. The van der Waals surface area contributed by atoms with Crippen LogP contribution in [-0.2, 0) is 33.6 Å². The number of carbonyl (C=O) groups excluding carboxylic acids is 3. The van der Waals surface area contributed by atoms with E-state index in [1.807, 2.05) is 24.3 Å². The Morgan fingerprint density at radius 1 is 0.981 bits per heavy atom. The number of anilines is 1. The third kappa shape index (κ3) is 14.9. The Labute approximate surface area is 310 Å².